The first-order chi connectivity index (χ1) is 8.61. The van der Waals surface area contributed by atoms with Gasteiger partial charge in [0.25, 0.3) is 0 Å². The predicted molar refractivity (Wildman–Crippen MR) is 77.7 cm³/mol. The molecule has 0 aromatic carbocycles. The summed E-state index contributed by atoms with van der Waals surface area (Å²) in [5.74, 6) is 0.740. The average Bonchev–Trinajstić information content (AvgIpc) is 2.39. The standard InChI is InChI=1S/C15H31N3/c1-12(2)17-8-6-15(7-9-17)18-11-14(10-16)5-4-13(18)3/h12-15H,4-11,16H2,1-3H3. The van der Waals surface area contributed by atoms with Gasteiger partial charge in [-0.2, -0.15) is 0 Å². The molecule has 0 aromatic rings. The Balaban J connectivity index is 1.87. The second-order valence-electron chi connectivity index (χ2n) is 6.59. The molecule has 2 heterocycles. The van der Waals surface area contributed by atoms with Crippen molar-refractivity contribution in [1.82, 2.24) is 9.80 Å². The van der Waals surface area contributed by atoms with Gasteiger partial charge in [-0.05, 0) is 72.0 Å². The van der Waals surface area contributed by atoms with Crippen molar-refractivity contribution in [3.05, 3.63) is 0 Å². The normalized spacial score (nSPS) is 33.2. The van der Waals surface area contributed by atoms with Gasteiger partial charge in [0.1, 0.15) is 0 Å². The van der Waals surface area contributed by atoms with Gasteiger partial charge in [0.15, 0.2) is 0 Å². The lowest BCUT2D eigenvalue weighted by atomic mass is 9.90. The van der Waals surface area contributed by atoms with Crippen molar-refractivity contribution in [2.24, 2.45) is 11.7 Å². The van der Waals surface area contributed by atoms with Crippen molar-refractivity contribution >= 4 is 0 Å². The molecule has 0 amide bonds. The molecule has 2 unspecified atom stereocenters. The van der Waals surface area contributed by atoms with E-state index in [1.54, 1.807) is 0 Å². The average molecular weight is 253 g/mol. The lowest BCUT2D eigenvalue weighted by Gasteiger charge is -2.46. The monoisotopic (exact) mass is 253 g/mol. The van der Waals surface area contributed by atoms with E-state index in [2.05, 4.69) is 30.6 Å². The molecule has 2 saturated heterocycles. The molecule has 2 rings (SSSR count). The molecule has 0 aliphatic carbocycles. The summed E-state index contributed by atoms with van der Waals surface area (Å²) in [6.45, 7) is 11.7. The molecule has 2 fully saturated rings. The van der Waals surface area contributed by atoms with Crippen molar-refractivity contribution in [3.63, 3.8) is 0 Å². The third kappa shape index (κ3) is 3.25. The third-order valence-electron chi connectivity index (χ3n) is 5.06. The second-order valence-corrected chi connectivity index (χ2v) is 6.59. The van der Waals surface area contributed by atoms with Crippen LogP contribution in [-0.2, 0) is 0 Å². The summed E-state index contributed by atoms with van der Waals surface area (Å²) in [4.78, 5) is 5.38. The maximum absolute atomic E-state index is 5.87. The molecule has 2 aliphatic rings. The molecule has 106 valence electrons. The van der Waals surface area contributed by atoms with Crippen LogP contribution in [0.1, 0.15) is 46.5 Å². The van der Waals surface area contributed by atoms with Crippen LogP contribution in [0.3, 0.4) is 0 Å². The molecule has 3 nitrogen and oxygen atoms in total. The highest BCUT2D eigenvalue weighted by Gasteiger charge is 2.32. The molecule has 18 heavy (non-hydrogen) atoms. The number of hydrogen-bond acceptors (Lipinski definition) is 3. The first-order valence-corrected chi connectivity index (χ1v) is 7.81. The highest BCUT2D eigenvalue weighted by Crippen LogP contribution is 2.27. The minimum Gasteiger partial charge on any atom is -0.330 e. The third-order valence-corrected chi connectivity index (χ3v) is 5.06. The van der Waals surface area contributed by atoms with Crippen molar-refractivity contribution in [1.29, 1.82) is 0 Å². The van der Waals surface area contributed by atoms with Gasteiger partial charge in [0.2, 0.25) is 0 Å². The Bertz CT molecular complexity index is 246. The Kier molecular flexibility index (Phi) is 5.05. The fourth-order valence-electron chi connectivity index (χ4n) is 3.65. The largest absolute Gasteiger partial charge is 0.330 e. The van der Waals surface area contributed by atoms with Crippen LogP contribution in [0, 0.1) is 5.92 Å². The quantitative estimate of drug-likeness (QED) is 0.834. The van der Waals surface area contributed by atoms with Crippen LogP contribution in [-0.4, -0.2) is 54.1 Å². The molecule has 2 N–H and O–H groups in total. The van der Waals surface area contributed by atoms with Crippen molar-refractivity contribution in [2.75, 3.05) is 26.2 Å². The van der Waals surface area contributed by atoms with Gasteiger partial charge >= 0.3 is 0 Å². The van der Waals surface area contributed by atoms with Gasteiger partial charge in [-0.3, -0.25) is 4.90 Å². The highest BCUT2D eigenvalue weighted by atomic mass is 15.2. The van der Waals surface area contributed by atoms with Crippen molar-refractivity contribution in [2.45, 2.75) is 64.6 Å². The van der Waals surface area contributed by atoms with Crippen molar-refractivity contribution < 1.29 is 0 Å². The first kappa shape index (κ1) is 14.3. The minimum absolute atomic E-state index is 0.710. The van der Waals surface area contributed by atoms with E-state index in [0.29, 0.717) is 6.04 Å². The number of rotatable bonds is 3. The van der Waals surface area contributed by atoms with E-state index in [-0.39, 0.29) is 0 Å². The SMILES string of the molecule is CC(C)N1CCC(N2CC(CN)CCC2C)CC1. The Morgan fingerprint density at radius 3 is 2.33 bits per heavy atom. The molecular weight excluding hydrogens is 222 g/mol. The number of nitrogens with zero attached hydrogens (tertiary/aromatic N) is 2. The van der Waals surface area contributed by atoms with E-state index < -0.39 is 0 Å². The number of nitrogens with two attached hydrogens (primary N) is 1. The molecule has 0 radical (unpaired) electrons. The Hall–Kier alpha value is -0.120. The predicted octanol–water partition coefficient (Wildman–Crippen LogP) is 1.92. The molecule has 2 aliphatic heterocycles. The van der Waals surface area contributed by atoms with Crippen LogP contribution < -0.4 is 5.73 Å². The zero-order valence-corrected chi connectivity index (χ0v) is 12.4. The lowest BCUT2D eigenvalue weighted by molar-refractivity contribution is 0.0310. The molecular formula is C15H31N3. The Morgan fingerprint density at radius 1 is 1.11 bits per heavy atom. The molecule has 0 bridgehead atoms. The van der Waals surface area contributed by atoms with Gasteiger partial charge in [-0.1, -0.05) is 0 Å². The lowest BCUT2D eigenvalue weighted by Crippen LogP contribution is -2.53. The van der Waals surface area contributed by atoms with E-state index in [1.807, 2.05) is 0 Å². The second kappa shape index (κ2) is 6.36. The number of piperidine rings is 2. The van der Waals surface area contributed by atoms with E-state index in [9.17, 15) is 0 Å². The fraction of sp³-hybridized carbons (Fsp3) is 1.00. The van der Waals surface area contributed by atoms with Crippen LogP contribution in [0.4, 0.5) is 0 Å². The summed E-state index contributed by atoms with van der Waals surface area (Å²) < 4.78 is 0. The maximum Gasteiger partial charge on any atom is 0.0122 e. The molecule has 0 saturated carbocycles. The summed E-state index contributed by atoms with van der Waals surface area (Å²) >= 11 is 0. The minimum atomic E-state index is 0.710. The van der Waals surface area contributed by atoms with Gasteiger partial charge in [0, 0.05) is 24.7 Å². The van der Waals surface area contributed by atoms with Crippen LogP contribution in [0.15, 0.2) is 0 Å². The summed E-state index contributed by atoms with van der Waals surface area (Å²) in [6, 6.07) is 2.29. The van der Waals surface area contributed by atoms with Crippen molar-refractivity contribution in [3.8, 4) is 0 Å². The van der Waals surface area contributed by atoms with E-state index in [1.165, 1.54) is 45.3 Å². The van der Waals surface area contributed by atoms with Crippen LogP contribution in [0.5, 0.6) is 0 Å². The van der Waals surface area contributed by atoms with E-state index in [4.69, 9.17) is 5.73 Å². The first-order valence-electron chi connectivity index (χ1n) is 7.81. The Morgan fingerprint density at radius 2 is 1.78 bits per heavy atom. The Labute approximate surface area is 113 Å². The van der Waals surface area contributed by atoms with Gasteiger partial charge in [0.05, 0.1) is 0 Å². The molecule has 0 spiro atoms. The summed E-state index contributed by atoms with van der Waals surface area (Å²) in [7, 11) is 0. The van der Waals surface area contributed by atoms with E-state index in [0.717, 1.165) is 24.5 Å². The van der Waals surface area contributed by atoms with Crippen LogP contribution in [0.25, 0.3) is 0 Å². The van der Waals surface area contributed by atoms with Crippen LogP contribution in [0.2, 0.25) is 0 Å². The highest BCUT2D eigenvalue weighted by molar-refractivity contribution is 4.88. The zero-order chi connectivity index (χ0) is 13.1. The molecule has 0 aromatic heterocycles. The van der Waals surface area contributed by atoms with Crippen LogP contribution >= 0.6 is 0 Å². The van der Waals surface area contributed by atoms with Gasteiger partial charge in [-0.15, -0.1) is 0 Å². The smallest absolute Gasteiger partial charge is 0.0122 e. The zero-order valence-electron chi connectivity index (χ0n) is 12.4. The molecule has 3 heteroatoms. The summed E-state index contributed by atoms with van der Waals surface area (Å²) in [5.41, 5.74) is 5.87. The summed E-state index contributed by atoms with van der Waals surface area (Å²) in [5, 5.41) is 0. The van der Waals surface area contributed by atoms with E-state index >= 15 is 0 Å². The number of likely N-dealkylation sites (tertiary alicyclic amines) is 2. The van der Waals surface area contributed by atoms with Gasteiger partial charge < -0.3 is 10.6 Å². The summed E-state index contributed by atoms with van der Waals surface area (Å²) in [6.07, 6.45) is 5.37. The topological polar surface area (TPSA) is 32.5 Å². The molecule has 2 atom stereocenters. The number of hydrogen-bond donors (Lipinski definition) is 1. The maximum atomic E-state index is 5.87. The van der Waals surface area contributed by atoms with Gasteiger partial charge in [-0.25, -0.2) is 0 Å². The fourth-order valence-corrected chi connectivity index (χ4v) is 3.65.